The van der Waals surface area contributed by atoms with Gasteiger partial charge in [-0.1, -0.05) is 0 Å². The van der Waals surface area contributed by atoms with Gasteiger partial charge in [-0.2, -0.15) is 0 Å². The third-order valence-corrected chi connectivity index (χ3v) is 2.83. The van der Waals surface area contributed by atoms with Crippen LogP contribution in [-0.4, -0.2) is 4.57 Å². The van der Waals surface area contributed by atoms with Crippen LogP contribution in [0, 0.1) is 0 Å². The molecule has 1 aliphatic carbocycles. The highest BCUT2D eigenvalue weighted by molar-refractivity contribution is 5.38. The van der Waals surface area contributed by atoms with Crippen molar-refractivity contribution in [1.29, 1.82) is 0 Å². The summed E-state index contributed by atoms with van der Waals surface area (Å²) < 4.78 is 1.74. The highest BCUT2D eigenvalue weighted by atomic mass is 16.1. The van der Waals surface area contributed by atoms with Crippen molar-refractivity contribution in [3.63, 3.8) is 0 Å². The number of anilines is 1. The molecule has 0 radical (unpaired) electrons. The molecule has 1 aromatic heterocycles. The summed E-state index contributed by atoms with van der Waals surface area (Å²) in [4.78, 5) is 11.8. The molecule has 4 heteroatoms. The summed E-state index contributed by atoms with van der Waals surface area (Å²) in [6, 6.07) is 2.01. The van der Waals surface area contributed by atoms with Crippen LogP contribution in [0.5, 0.6) is 0 Å². The quantitative estimate of drug-likeness (QED) is 0.722. The van der Waals surface area contributed by atoms with Gasteiger partial charge in [0.1, 0.15) is 0 Å². The largest absolute Gasteiger partial charge is 0.398 e. The number of hydrogen-bond acceptors (Lipinski definition) is 3. The fraction of sp³-hybridized carbons (Fsp3) is 0.500. The number of nitrogens with two attached hydrogens (primary N) is 2. The first kappa shape index (κ1) is 9.27. The summed E-state index contributed by atoms with van der Waals surface area (Å²) in [6.07, 6.45) is 5.08. The minimum Gasteiger partial charge on any atom is -0.398 e. The van der Waals surface area contributed by atoms with E-state index in [-0.39, 0.29) is 12.1 Å². The Balaban J connectivity index is 2.47. The van der Waals surface area contributed by atoms with Crippen molar-refractivity contribution in [3.8, 4) is 0 Å². The number of nitrogens with zero attached hydrogens (tertiary/aromatic N) is 1. The van der Waals surface area contributed by atoms with E-state index in [0.717, 1.165) is 12.8 Å². The van der Waals surface area contributed by atoms with E-state index in [1.165, 1.54) is 6.42 Å². The smallest absolute Gasteiger partial charge is 0.255 e. The minimum atomic E-state index is 0.0198. The van der Waals surface area contributed by atoms with Gasteiger partial charge in [-0.05, 0) is 25.3 Å². The molecule has 76 valence electrons. The molecule has 0 bridgehead atoms. The van der Waals surface area contributed by atoms with Gasteiger partial charge < -0.3 is 16.0 Å². The summed E-state index contributed by atoms with van der Waals surface area (Å²) in [5.41, 5.74) is 12.4. The molecule has 14 heavy (non-hydrogen) atoms. The van der Waals surface area contributed by atoms with Crippen molar-refractivity contribution < 1.29 is 0 Å². The first-order valence-corrected chi connectivity index (χ1v) is 4.93. The lowest BCUT2D eigenvalue weighted by Crippen LogP contribution is -2.31. The summed E-state index contributed by atoms with van der Waals surface area (Å²) in [7, 11) is 0. The molecular weight excluding hydrogens is 178 g/mol. The van der Waals surface area contributed by atoms with E-state index in [0.29, 0.717) is 17.3 Å². The average molecular weight is 193 g/mol. The van der Waals surface area contributed by atoms with E-state index in [9.17, 15) is 4.79 Å². The van der Waals surface area contributed by atoms with Crippen molar-refractivity contribution in [2.45, 2.75) is 31.8 Å². The molecule has 1 fully saturated rings. The zero-order chi connectivity index (χ0) is 10.1. The van der Waals surface area contributed by atoms with Crippen LogP contribution in [0.2, 0.25) is 0 Å². The highest BCUT2D eigenvalue weighted by Crippen LogP contribution is 2.30. The molecule has 0 amide bonds. The first-order chi connectivity index (χ1) is 6.72. The molecule has 1 heterocycles. The Hall–Kier alpha value is -1.29. The van der Waals surface area contributed by atoms with Crippen LogP contribution < -0.4 is 17.0 Å². The highest BCUT2D eigenvalue weighted by Gasteiger charge is 2.21. The van der Waals surface area contributed by atoms with Crippen molar-refractivity contribution in [2.75, 3.05) is 5.73 Å². The van der Waals surface area contributed by atoms with E-state index in [2.05, 4.69) is 0 Å². The van der Waals surface area contributed by atoms with Crippen molar-refractivity contribution in [3.05, 3.63) is 28.2 Å². The SMILES string of the molecule is NCc1cc(N)cn(C2CCC2)c1=O. The number of nitrogen functional groups attached to an aromatic ring is 1. The Bertz CT molecular complexity index is 393. The van der Waals surface area contributed by atoms with E-state index >= 15 is 0 Å². The molecular formula is C10H15N3O. The van der Waals surface area contributed by atoms with Crippen molar-refractivity contribution in [2.24, 2.45) is 5.73 Å². The zero-order valence-corrected chi connectivity index (χ0v) is 8.07. The Morgan fingerprint density at radius 2 is 2.21 bits per heavy atom. The number of hydrogen-bond donors (Lipinski definition) is 2. The molecule has 0 spiro atoms. The van der Waals surface area contributed by atoms with Gasteiger partial charge in [-0.15, -0.1) is 0 Å². The van der Waals surface area contributed by atoms with Gasteiger partial charge in [0, 0.05) is 30.0 Å². The summed E-state index contributed by atoms with van der Waals surface area (Å²) in [5.74, 6) is 0. The van der Waals surface area contributed by atoms with Gasteiger partial charge in [-0.25, -0.2) is 0 Å². The Morgan fingerprint density at radius 1 is 1.50 bits per heavy atom. The fourth-order valence-electron chi connectivity index (χ4n) is 1.77. The summed E-state index contributed by atoms with van der Waals surface area (Å²) in [5, 5.41) is 0. The number of rotatable bonds is 2. The van der Waals surface area contributed by atoms with Gasteiger partial charge in [0.25, 0.3) is 5.56 Å². The maximum Gasteiger partial charge on any atom is 0.255 e. The third-order valence-electron chi connectivity index (χ3n) is 2.83. The van der Waals surface area contributed by atoms with Crippen LogP contribution in [0.3, 0.4) is 0 Å². The predicted octanol–water partition coefficient (Wildman–Crippen LogP) is 0.614. The lowest BCUT2D eigenvalue weighted by Gasteiger charge is -2.28. The Kier molecular flexibility index (Phi) is 2.29. The monoisotopic (exact) mass is 193 g/mol. The second-order valence-corrected chi connectivity index (χ2v) is 3.80. The van der Waals surface area contributed by atoms with Crippen LogP contribution in [0.4, 0.5) is 5.69 Å². The Morgan fingerprint density at radius 3 is 2.71 bits per heavy atom. The zero-order valence-electron chi connectivity index (χ0n) is 8.07. The Labute approximate surface area is 82.5 Å². The summed E-state index contributed by atoms with van der Waals surface area (Å²) >= 11 is 0. The van der Waals surface area contributed by atoms with E-state index in [1.807, 2.05) is 0 Å². The lowest BCUT2D eigenvalue weighted by molar-refractivity contribution is 0.306. The molecule has 0 atom stereocenters. The number of aromatic nitrogens is 1. The molecule has 4 nitrogen and oxygen atoms in total. The molecule has 1 aromatic rings. The molecule has 0 aliphatic heterocycles. The van der Waals surface area contributed by atoms with Gasteiger partial charge in [0.15, 0.2) is 0 Å². The van der Waals surface area contributed by atoms with Gasteiger partial charge in [0.05, 0.1) is 0 Å². The second kappa shape index (κ2) is 3.46. The maximum atomic E-state index is 11.8. The van der Waals surface area contributed by atoms with E-state index in [4.69, 9.17) is 11.5 Å². The molecule has 1 aliphatic rings. The van der Waals surface area contributed by atoms with Gasteiger partial charge >= 0.3 is 0 Å². The second-order valence-electron chi connectivity index (χ2n) is 3.80. The van der Waals surface area contributed by atoms with Gasteiger partial charge in [0.2, 0.25) is 0 Å². The molecule has 4 N–H and O–H groups in total. The molecule has 0 unspecified atom stereocenters. The standard InChI is InChI=1S/C10H15N3O/c11-5-7-4-8(12)6-13(10(7)14)9-2-1-3-9/h4,6,9H,1-3,5,11-12H2. The molecule has 2 rings (SSSR count). The minimum absolute atomic E-state index is 0.0198. The van der Waals surface area contributed by atoms with Crippen LogP contribution in [-0.2, 0) is 6.54 Å². The van der Waals surface area contributed by atoms with E-state index < -0.39 is 0 Å². The molecule has 0 saturated heterocycles. The number of pyridine rings is 1. The van der Waals surface area contributed by atoms with Crippen molar-refractivity contribution in [1.82, 2.24) is 4.57 Å². The molecule has 1 saturated carbocycles. The average Bonchev–Trinajstić information content (AvgIpc) is 2.07. The van der Waals surface area contributed by atoms with Gasteiger partial charge in [-0.3, -0.25) is 4.79 Å². The summed E-state index contributed by atoms with van der Waals surface area (Å²) in [6.45, 7) is 0.261. The van der Waals surface area contributed by atoms with Crippen LogP contribution in [0.25, 0.3) is 0 Å². The maximum absolute atomic E-state index is 11.8. The normalized spacial score (nSPS) is 16.6. The first-order valence-electron chi connectivity index (χ1n) is 4.93. The third kappa shape index (κ3) is 1.42. The van der Waals surface area contributed by atoms with Crippen molar-refractivity contribution >= 4 is 5.69 Å². The van der Waals surface area contributed by atoms with Crippen LogP contribution >= 0.6 is 0 Å². The lowest BCUT2D eigenvalue weighted by atomic mass is 9.92. The van der Waals surface area contributed by atoms with Crippen LogP contribution in [0.15, 0.2) is 17.1 Å². The van der Waals surface area contributed by atoms with E-state index in [1.54, 1.807) is 16.8 Å². The molecule has 0 aromatic carbocycles. The predicted molar refractivity (Wildman–Crippen MR) is 55.9 cm³/mol. The van der Waals surface area contributed by atoms with Crippen LogP contribution in [0.1, 0.15) is 30.9 Å². The topological polar surface area (TPSA) is 74.0 Å². The fourth-order valence-corrected chi connectivity index (χ4v) is 1.77.